The van der Waals surface area contributed by atoms with Crippen LogP contribution in [-0.4, -0.2) is 15.9 Å². The fourth-order valence-corrected chi connectivity index (χ4v) is 2.26. The second-order valence-corrected chi connectivity index (χ2v) is 5.16. The van der Waals surface area contributed by atoms with Gasteiger partial charge in [0.15, 0.2) is 0 Å². The van der Waals surface area contributed by atoms with Crippen LogP contribution in [0.1, 0.15) is 43.8 Å². The van der Waals surface area contributed by atoms with E-state index in [9.17, 15) is 8.78 Å². The molecule has 1 unspecified atom stereocenters. The standard InChI is InChI=1S/C11H13BrF2N2/c12-9-6-15-10(16-7-9)8-2-1-4-11(13,14)5-3-8/h6-8H,1-5H2. The van der Waals surface area contributed by atoms with Crippen LogP contribution in [0.15, 0.2) is 16.9 Å². The second-order valence-electron chi connectivity index (χ2n) is 4.24. The molecule has 5 heteroatoms. The van der Waals surface area contributed by atoms with E-state index >= 15 is 0 Å². The topological polar surface area (TPSA) is 25.8 Å². The highest BCUT2D eigenvalue weighted by Crippen LogP contribution is 2.37. The van der Waals surface area contributed by atoms with Gasteiger partial charge in [-0.25, -0.2) is 18.7 Å². The minimum Gasteiger partial charge on any atom is -0.240 e. The molecule has 1 aromatic rings. The molecule has 1 heterocycles. The van der Waals surface area contributed by atoms with E-state index in [0.29, 0.717) is 18.7 Å². The van der Waals surface area contributed by atoms with Gasteiger partial charge in [-0.3, -0.25) is 0 Å². The van der Waals surface area contributed by atoms with Crippen molar-refractivity contribution in [2.75, 3.05) is 0 Å². The Labute approximate surface area is 102 Å². The summed E-state index contributed by atoms with van der Waals surface area (Å²) in [5, 5.41) is 0. The summed E-state index contributed by atoms with van der Waals surface area (Å²) in [5.74, 6) is -1.72. The van der Waals surface area contributed by atoms with E-state index in [4.69, 9.17) is 0 Å². The maximum Gasteiger partial charge on any atom is 0.248 e. The zero-order valence-electron chi connectivity index (χ0n) is 8.80. The third-order valence-electron chi connectivity index (χ3n) is 2.96. The number of hydrogen-bond donors (Lipinski definition) is 0. The molecule has 0 radical (unpaired) electrons. The first-order valence-electron chi connectivity index (χ1n) is 5.42. The molecule has 88 valence electrons. The van der Waals surface area contributed by atoms with Crippen molar-refractivity contribution in [3.8, 4) is 0 Å². The molecule has 0 saturated heterocycles. The van der Waals surface area contributed by atoms with Crippen molar-refractivity contribution >= 4 is 15.9 Å². The normalized spacial score (nSPS) is 25.1. The average molecular weight is 291 g/mol. The first-order chi connectivity index (χ1) is 7.57. The first-order valence-corrected chi connectivity index (χ1v) is 6.21. The minimum absolute atomic E-state index is 0.0000278. The van der Waals surface area contributed by atoms with Crippen molar-refractivity contribution in [1.82, 2.24) is 9.97 Å². The lowest BCUT2D eigenvalue weighted by Gasteiger charge is -2.13. The molecule has 0 amide bonds. The van der Waals surface area contributed by atoms with Gasteiger partial charge >= 0.3 is 0 Å². The smallest absolute Gasteiger partial charge is 0.240 e. The van der Waals surface area contributed by atoms with Crippen LogP contribution < -0.4 is 0 Å². The molecule has 0 spiro atoms. The Bertz CT molecular complexity index is 354. The van der Waals surface area contributed by atoms with E-state index in [1.54, 1.807) is 12.4 Å². The SMILES string of the molecule is FC1(F)CCCC(c2ncc(Br)cn2)CC1. The molecule has 1 aromatic heterocycles. The van der Waals surface area contributed by atoms with Gasteiger partial charge in [-0.05, 0) is 35.2 Å². The molecule has 0 aliphatic heterocycles. The van der Waals surface area contributed by atoms with E-state index < -0.39 is 5.92 Å². The van der Waals surface area contributed by atoms with Gasteiger partial charge in [-0.15, -0.1) is 0 Å². The molecule has 2 nitrogen and oxygen atoms in total. The second kappa shape index (κ2) is 4.73. The van der Waals surface area contributed by atoms with Gasteiger partial charge in [0, 0.05) is 31.2 Å². The lowest BCUT2D eigenvalue weighted by atomic mass is 9.99. The Hall–Kier alpha value is -0.580. The molecule has 0 N–H and O–H groups in total. The highest BCUT2D eigenvalue weighted by Gasteiger charge is 2.33. The number of alkyl halides is 2. The summed E-state index contributed by atoms with van der Waals surface area (Å²) in [7, 11) is 0. The largest absolute Gasteiger partial charge is 0.248 e. The zero-order valence-corrected chi connectivity index (χ0v) is 10.4. The maximum absolute atomic E-state index is 13.2. The lowest BCUT2D eigenvalue weighted by Crippen LogP contribution is -2.13. The quantitative estimate of drug-likeness (QED) is 0.733. The van der Waals surface area contributed by atoms with Gasteiger partial charge in [-0.1, -0.05) is 0 Å². The molecule has 0 bridgehead atoms. The van der Waals surface area contributed by atoms with E-state index in [1.807, 2.05) is 0 Å². The summed E-state index contributed by atoms with van der Waals surface area (Å²) in [6.45, 7) is 0. The fraction of sp³-hybridized carbons (Fsp3) is 0.636. The Kier molecular flexibility index (Phi) is 3.52. The van der Waals surface area contributed by atoms with Gasteiger partial charge < -0.3 is 0 Å². The monoisotopic (exact) mass is 290 g/mol. The van der Waals surface area contributed by atoms with Crippen LogP contribution in [0.25, 0.3) is 0 Å². The van der Waals surface area contributed by atoms with Crippen LogP contribution in [0, 0.1) is 0 Å². The number of rotatable bonds is 1. The van der Waals surface area contributed by atoms with E-state index in [2.05, 4.69) is 25.9 Å². The van der Waals surface area contributed by atoms with Gasteiger partial charge in [0.2, 0.25) is 5.92 Å². The van der Waals surface area contributed by atoms with E-state index in [1.165, 1.54) is 0 Å². The molecule has 0 aromatic carbocycles. The number of nitrogens with zero attached hydrogens (tertiary/aromatic N) is 2. The van der Waals surface area contributed by atoms with Crippen LogP contribution in [0.3, 0.4) is 0 Å². The van der Waals surface area contributed by atoms with Gasteiger partial charge in [0.05, 0.1) is 4.47 Å². The summed E-state index contributed by atoms with van der Waals surface area (Å²) in [5.41, 5.74) is 0. The van der Waals surface area contributed by atoms with Crippen molar-refractivity contribution in [3.63, 3.8) is 0 Å². The van der Waals surface area contributed by atoms with E-state index in [-0.39, 0.29) is 18.8 Å². The highest BCUT2D eigenvalue weighted by molar-refractivity contribution is 9.10. The Morgan fingerprint density at radius 3 is 2.56 bits per heavy atom. The van der Waals surface area contributed by atoms with Crippen molar-refractivity contribution in [1.29, 1.82) is 0 Å². The Morgan fingerprint density at radius 2 is 1.88 bits per heavy atom. The molecular formula is C11H13BrF2N2. The van der Waals surface area contributed by atoms with Crippen LogP contribution in [0.5, 0.6) is 0 Å². The molecular weight excluding hydrogens is 278 g/mol. The van der Waals surface area contributed by atoms with Crippen LogP contribution >= 0.6 is 15.9 Å². The minimum atomic E-state index is -2.50. The van der Waals surface area contributed by atoms with Crippen LogP contribution in [-0.2, 0) is 0 Å². The molecule has 1 atom stereocenters. The number of hydrogen-bond acceptors (Lipinski definition) is 2. The lowest BCUT2D eigenvalue weighted by molar-refractivity contribution is -0.0142. The fourth-order valence-electron chi connectivity index (χ4n) is 2.05. The molecule has 1 aliphatic carbocycles. The summed E-state index contributed by atoms with van der Waals surface area (Å²) in [6.07, 6.45) is 5.09. The molecule has 16 heavy (non-hydrogen) atoms. The van der Waals surface area contributed by atoms with Gasteiger partial charge in [0.1, 0.15) is 5.82 Å². The van der Waals surface area contributed by atoms with Crippen molar-refractivity contribution in [3.05, 3.63) is 22.7 Å². The van der Waals surface area contributed by atoms with Gasteiger partial charge in [-0.2, -0.15) is 0 Å². The van der Waals surface area contributed by atoms with Gasteiger partial charge in [0.25, 0.3) is 0 Å². The predicted molar refractivity (Wildman–Crippen MR) is 60.5 cm³/mol. The van der Waals surface area contributed by atoms with Crippen molar-refractivity contribution in [2.24, 2.45) is 0 Å². The Morgan fingerprint density at radius 1 is 1.19 bits per heavy atom. The average Bonchev–Trinajstić information content (AvgIpc) is 2.41. The summed E-state index contributed by atoms with van der Waals surface area (Å²) in [4.78, 5) is 8.38. The molecule has 1 saturated carbocycles. The number of halogens is 3. The molecule has 1 fully saturated rings. The van der Waals surface area contributed by atoms with Crippen molar-refractivity contribution < 1.29 is 8.78 Å². The summed E-state index contributed by atoms with van der Waals surface area (Å²) >= 11 is 3.26. The third-order valence-corrected chi connectivity index (χ3v) is 3.37. The van der Waals surface area contributed by atoms with Crippen LogP contribution in [0.4, 0.5) is 8.78 Å². The van der Waals surface area contributed by atoms with E-state index in [0.717, 1.165) is 10.9 Å². The molecule has 1 aliphatic rings. The van der Waals surface area contributed by atoms with Crippen molar-refractivity contribution in [2.45, 2.75) is 43.9 Å². The molecule has 2 rings (SSSR count). The number of aromatic nitrogens is 2. The maximum atomic E-state index is 13.2. The highest BCUT2D eigenvalue weighted by atomic mass is 79.9. The zero-order chi connectivity index (χ0) is 11.6. The Balaban J connectivity index is 2.08. The first kappa shape index (κ1) is 11.9. The van der Waals surface area contributed by atoms with Crippen LogP contribution in [0.2, 0.25) is 0 Å². The predicted octanol–water partition coefficient (Wildman–Crippen LogP) is 3.92. The third kappa shape index (κ3) is 2.97. The summed E-state index contributed by atoms with van der Waals surface area (Å²) < 4.78 is 27.2. The summed E-state index contributed by atoms with van der Waals surface area (Å²) in [6, 6.07) is 0.